The van der Waals surface area contributed by atoms with E-state index in [0.717, 1.165) is 10.4 Å². The van der Waals surface area contributed by atoms with Crippen molar-refractivity contribution < 1.29 is 10.6 Å². The number of carbonyl (C=O) groups is 1. The minimum absolute atomic E-state index is 0. The number of aryl methyl sites for hydroxylation is 1. The SMILES string of the molecule is Cc1ncc(-c2ccc(C(=O)N(C)C)cc2)nc1-c1nnc(-c2cccs2)o1.[HH]. The molecule has 0 saturated carbocycles. The van der Waals surface area contributed by atoms with Crippen LogP contribution in [0, 0.1) is 6.92 Å². The van der Waals surface area contributed by atoms with Crippen molar-refractivity contribution in [2.24, 2.45) is 0 Å². The molecule has 0 bridgehead atoms. The normalized spacial score (nSPS) is 10.8. The molecule has 0 fully saturated rings. The molecule has 7 nitrogen and oxygen atoms in total. The summed E-state index contributed by atoms with van der Waals surface area (Å²) in [6, 6.07) is 11.1. The summed E-state index contributed by atoms with van der Waals surface area (Å²) in [4.78, 5) is 23.6. The van der Waals surface area contributed by atoms with Crippen molar-refractivity contribution in [2.75, 3.05) is 14.1 Å². The van der Waals surface area contributed by atoms with Crippen LogP contribution in [0.5, 0.6) is 0 Å². The van der Waals surface area contributed by atoms with Gasteiger partial charge in [0.2, 0.25) is 0 Å². The van der Waals surface area contributed by atoms with Crippen LogP contribution in [-0.2, 0) is 0 Å². The van der Waals surface area contributed by atoms with Crippen LogP contribution in [0.2, 0.25) is 0 Å². The fourth-order valence-electron chi connectivity index (χ4n) is 2.65. The van der Waals surface area contributed by atoms with E-state index in [0.29, 0.717) is 34.4 Å². The number of hydrogen-bond acceptors (Lipinski definition) is 7. The van der Waals surface area contributed by atoms with E-state index in [4.69, 9.17) is 4.42 Å². The van der Waals surface area contributed by atoms with E-state index in [2.05, 4.69) is 20.2 Å². The van der Waals surface area contributed by atoms with Crippen LogP contribution in [-0.4, -0.2) is 45.1 Å². The number of hydrogen-bond donors (Lipinski definition) is 0. The Labute approximate surface area is 167 Å². The summed E-state index contributed by atoms with van der Waals surface area (Å²) in [7, 11) is 3.45. The number of thiophene rings is 1. The number of carbonyl (C=O) groups excluding carboxylic acids is 1. The average Bonchev–Trinajstić information content (AvgIpc) is 3.39. The quantitative estimate of drug-likeness (QED) is 0.517. The van der Waals surface area contributed by atoms with Crippen LogP contribution >= 0.6 is 11.3 Å². The summed E-state index contributed by atoms with van der Waals surface area (Å²) in [6.45, 7) is 1.85. The molecule has 0 radical (unpaired) electrons. The molecule has 0 N–H and O–H groups in total. The largest absolute Gasteiger partial charge is 0.414 e. The van der Waals surface area contributed by atoms with Crippen LogP contribution < -0.4 is 0 Å². The van der Waals surface area contributed by atoms with E-state index in [1.807, 2.05) is 36.6 Å². The maximum Gasteiger partial charge on any atom is 0.268 e. The molecule has 28 heavy (non-hydrogen) atoms. The smallest absolute Gasteiger partial charge is 0.268 e. The number of amides is 1. The Balaban J connectivity index is 0.00000240. The molecule has 4 rings (SSSR count). The van der Waals surface area contributed by atoms with Crippen molar-refractivity contribution in [2.45, 2.75) is 6.92 Å². The molecule has 0 aliphatic carbocycles. The summed E-state index contributed by atoms with van der Waals surface area (Å²) in [5.41, 5.74) is 3.37. The van der Waals surface area contributed by atoms with Gasteiger partial charge in [-0.2, -0.15) is 0 Å². The lowest BCUT2D eigenvalue weighted by Gasteiger charge is -2.10. The van der Waals surface area contributed by atoms with E-state index in [1.165, 1.54) is 11.3 Å². The fourth-order valence-corrected chi connectivity index (χ4v) is 3.30. The first-order valence-electron chi connectivity index (χ1n) is 8.56. The van der Waals surface area contributed by atoms with Crippen molar-refractivity contribution in [3.8, 4) is 33.6 Å². The van der Waals surface area contributed by atoms with E-state index in [-0.39, 0.29) is 7.33 Å². The summed E-state index contributed by atoms with van der Waals surface area (Å²) in [5, 5.41) is 10.2. The number of nitrogens with zero attached hydrogens (tertiary/aromatic N) is 5. The molecule has 0 spiro atoms. The Morgan fingerprint density at radius 2 is 1.86 bits per heavy atom. The van der Waals surface area contributed by atoms with Crippen molar-refractivity contribution in [3.63, 3.8) is 0 Å². The molecule has 3 aromatic heterocycles. The van der Waals surface area contributed by atoms with E-state index < -0.39 is 0 Å². The highest BCUT2D eigenvalue weighted by atomic mass is 32.1. The molecule has 1 amide bonds. The predicted octanol–water partition coefficient (Wildman–Crippen LogP) is 4.18. The van der Waals surface area contributed by atoms with Crippen LogP contribution in [0.3, 0.4) is 0 Å². The van der Waals surface area contributed by atoms with Gasteiger partial charge in [-0.25, -0.2) is 4.98 Å². The highest BCUT2D eigenvalue weighted by molar-refractivity contribution is 7.13. The van der Waals surface area contributed by atoms with Crippen molar-refractivity contribution in [1.82, 2.24) is 25.1 Å². The highest BCUT2D eigenvalue weighted by Crippen LogP contribution is 2.28. The first-order valence-corrected chi connectivity index (χ1v) is 9.44. The zero-order valence-electron chi connectivity index (χ0n) is 15.6. The van der Waals surface area contributed by atoms with Crippen molar-refractivity contribution >= 4 is 17.2 Å². The van der Waals surface area contributed by atoms with Gasteiger partial charge < -0.3 is 9.32 Å². The first-order chi connectivity index (χ1) is 13.5. The molecule has 8 heteroatoms. The standard InChI is InChI=1S/C20H17N5O2S.H2/c1-12-17(19-24-23-18(27-19)16-5-4-10-28-16)22-15(11-21-12)13-6-8-14(9-7-13)20(26)25(2)3;/h4-11H,1-3H3;1H. The Bertz CT molecular complexity index is 1120. The molecule has 0 unspecified atom stereocenters. The average molecular weight is 393 g/mol. The molecule has 3 heterocycles. The maximum absolute atomic E-state index is 12.0. The zero-order valence-corrected chi connectivity index (χ0v) is 16.4. The Hall–Kier alpha value is -3.39. The third-order valence-corrected chi connectivity index (χ3v) is 5.01. The molecule has 142 valence electrons. The summed E-state index contributed by atoms with van der Waals surface area (Å²) < 4.78 is 5.80. The summed E-state index contributed by atoms with van der Waals surface area (Å²) in [5.74, 6) is 0.743. The topological polar surface area (TPSA) is 85.0 Å². The van der Waals surface area contributed by atoms with Gasteiger partial charge in [0.15, 0.2) is 0 Å². The first kappa shape index (κ1) is 18.0. The second-order valence-corrected chi connectivity index (χ2v) is 7.30. The Kier molecular flexibility index (Phi) is 4.70. The molecule has 0 aliphatic heterocycles. The Morgan fingerprint density at radius 1 is 1.11 bits per heavy atom. The highest BCUT2D eigenvalue weighted by Gasteiger charge is 2.17. The zero-order chi connectivity index (χ0) is 19.7. The number of rotatable bonds is 4. The van der Waals surface area contributed by atoms with Gasteiger partial charge in [0.1, 0.15) is 5.69 Å². The minimum atomic E-state index is -0.0470. The fraction of sp³-hybridized carbons (Fsp3) is 0.150. The maximum atomic E-state index is 12.0. The summed E-state index contributed by atoms with van der Waals surface area (Å²) in [6.07, 6.45) is 1.69. The van der Waals surface area contributed by atoms with Gasteiger partial charge in [-0.3, -0.25) is 9.78 Å². The Morgan fingerprint density at radius 3 is 2.54 bits per heavy atom. The van der Waals surface area contributed by atoms with Gasteiger partial charge in [-0.1, -0.05) is 18.2 Å². The monoisotopic (exact) mass is 393 g/mol. The minimum Gasteiger partial charge on any atom is -0.414 e. The van der Waals surface area contributed by atoms with E-state index in [1.54, 1.807) is 37.3 Å². The third-order valence-electron chi connectivity index (χ3n) is 4.15. The van der Waals surface area contributed by atoms with Crippen molar-refractivity contribution in [1.29, 1.82) is 0 Å². The number of aromatic nitrogens is 4. The molecule has 1 aromatic carbocycles. The molecule has 0 atom stereocenters. The third kappa shape index (κ3) is 3.41. The van der Waals surface area contributed by atoms with Gasteiger partial charge in [-0.15, -0.1) is 21.5 Å². The molecule has 0 saturated heterocycles. The lowest BCUT2D eigenvalue weighted by Crippen LogP contribution is -2.21. The molecule has 4 aromatic rings. The van der Waals surface area contributed by atoms with E-state index in [9.17, 15) is 4.79 Å². The van der Waals surface area contributed by atoms with Crippen LogP contribution in [0.1, 0.15) is 17.5 Å². The molecular formula is C20H19N5O2S. The van der Waals surface area contributed by atoms with Gasteiger partial charge in [0.25, 0.3) is 17.7 Å². The second kappa shape index (κ2) is 7.32. The number of benzene rings is 1. The molecular weight excluding hydrogens is 374 g/mol. The van der Waals surface area contributed by atoms with Gasteiger partial charge in [0, 0.05) is 26.6 Å². The molecule has 0 aliphatic rings. The van der Waals surface area contributed by atoms with E-state index >= 15 is 0 Å². The van der Waals surface area contributed by atoms with Crippen LogP contribution in [0.25, 0.3) is 33.6 Å². The summed E-state index contributed by atoms with van der Waals surface area (Å²) >= 11 is 1.53. The lowest BCUT2D eigenvalue weighted by molar-refractivity contribution is 0.0827. The lowest BCUT2D eigenvalue weighted by atomic mass is 10.1. The van der Waals surface area contributed by atoms with Crippen LogP contribution in [0.15, 0.2) is 52.4 Å². The van der Waals surface area contributed by atoms with Gasteiger partial charge >= 0.3 is 0 Å². The second-order valence-electron chi connectivity index (χ2n) is 6.36. The predicted molar refractivity (Wildman–Crippen MR) is 109 cm³/mol. The van der Waals surface area contributed by atoms with Crippen molar-refractivity contribution in [3.05, 3.63) is 59.2 Å². The van der Waals surface area contributed by atoms with Gasteiger partial charge in [0.05, 0.1) is 22.5 Å². The van der Waals surface area contributed by atoms with Gasteiger partial charge in [-0.05, 0) is 30.5 Å². The van der Waals surface area contributed by atoms with Crippen LogP contribution in [0.4, 0.5) is 0 Å².